The molecule has 0 saturated heterocycles. The van der Waals surface area contributed by atoms with Crippen LogP contribution in [0.4, 0.5) is 0 Å². The van der Waals surface area contributed by atoms with Crippen LogP contribution >= 0.6 is 15.9 Å². The summed E-state index contributed by atoms with van der Waals surface area (Å²) in [6.45, 7) is 0.617. The molecule has 0 aliphatic carbocycles. The van der Waals surface area contributed by atoms with Gasteiger partial charge in [0.1, 0.15) is 5.39 Å². The van der Waals surface area contributed by atoms with Gasteiger partial charge in [0.25, 0.3) is 5.56 Å². The van der Waals surface area contributed by atoms with Crippen molar-refractivity contribution in [3.05, 3.63) is 75.1 Å². The fraction of sp³-hybridized carbons (Fsp3) is 0.0952. The van der Waals surface area contributed by atoms with Crippen molar-refractivity contribution in [2.45, 2.75) is 13.0 Å². The molecule has 1 aliphatic rings. The van der Waals surface area contributed by atoms with E-state index in [0.717, 1.165) is 27.8 Å². The van der Waals surface area contributed by atoms with Crippen molar-refractivity contribution >= 4 is 37.9 Å². The van der Waals surface area contributed by atoms with Gasteiger partial charge in [-0.15, -0.1) is 0 Å². The number of aryl methyl sites for hydroxylation is 1. The standard InChI is InChI=1S/C21H14BrN5O/c22-15-6-2-4-8-17(15)27-19-14(11-23-27)21(28)26-10-9-13-12-5-1-3-7-16(12)24-18(13)20(26)25-19/h1-8,11,24H,9-10H2. The van der Waals surface area contributed by atoms with Gasteiger partial charge < -0.3 is 4.98 Å². The molecule has 6 rings (SSSR count). The maximum absolute atomic E-state index is 13.2. The van der Waals surface area contributed by atoms with Gasteiger partial charge in [-0.3, -0.25) is 9.36 Å². The molecule has 0 unspecified atom stereocenters. The van der Waals surface area contributed by atoms with E-state index in [2.05, 4.69) is 38.1 Å². The van der Waals surface area contributed by atoms with Crippen molar-refractivity contribution in [2.75, 3.05) is 0 Å². The summed E-state index contributed by atoms with van der Waals surface area (Å²) >= 11 is 3.57. The molecular formula is C21H14BrN5O. The first-order chi connectivity index (χ1) is 13.7. The molecule has 1 aliphatic heterocycles. The molecule has 2 aromatic carbocycles. The van der Waals surface area contributed by atoms with E-state index in [9.17, 15) is 4.79 Å². The summed E-state index contributed by atoms with van der Waals surface area (Å²) < 4.78 is 4.37. The van der Waals surface area contributed by atoms with Crippen molar-refractivity contribution < 1.29 is 0 Å². The minimum atomic E-state index is -0.0531. The number of rotatable bonds is 1. The molecule has 0 radical (unpaired) electrons. The van der Waals surface area contributed by atoms with Gasteiger partial charge in [-0.25, -0.2) is 9.67 Å². The highest BCUT2D eigenvalue weighted by molar-refractivity contribution is 9.10. The van der Waals surface area contributed by atoms with Crippen molar-refractivity contribution in [1.82, 2.24) is 24.3 Å². The first-order valence-electron chi connectivity index (χ1n) is 9.06. The second kappa shape index (κ2) is 5.65. The number of halogens is 1. The number of hydrogen-bond donors (Lipinski definition) is 1. The second-order valence-electron chi connectivity index (χ2n) is 6.91. The molecule has 0 saturated carbocycles. The normalized spacial score (nSPS) is 13.0. The average molecular weight is 432 g/mol. The molecule has 5 aromatic rings. The summed E-state index contributed by atoms with van der Waals surface area (Å²) in [6, 6.07) is 16.0. The zero-order valence-electron chi connectivity index (χ0n) is 14.7. The SMILES string of the molecule is O=c1c2cnn(-c3ccccc3Br)c2nc2n1CCc1c-2[nH]c2ccccc12. The van der Waals surface area contributed by atoms with E-state index in [1.165, 1.54) is 10.9 Å². The van der Waals surface area contributed by atoms with Gasteiger partial charge in [0.05, 0.1) is 17.6 Å². The van der Waals surface area contributed by atoms with E-state index >= 15 is 0 Å². The van der Waals surface area contributed by atoms with Crippen LogP contribution in [0.5, 0.6) is 0 Å². The molecule has 0 spiro atoms. The summed E-state index contributed by atoms with van der Waals surface area (Å²) in [7, 11) is 0. The Labute approximate surface area is 167 Å². The molecular weight excluding hydrogens is 418 g/mol. The number of benzene rings is 2. The highest BCUT2D eigenvalue weighted by atomic mass is 79.9. The Bertz CT molecular complexity index is 1460. The fourth-order valence-electron chi connectivity index (χ4n) is 4.07. The molecule has 0 fully saturated rings. The molecule has 136 valence electrons. The van der Waals surface area contributed by atoms with Gasteiger partial charge >= 0.3 is 0 Å². The zero-order chi connectivity index (χ0) is 18.8. The van der Waals surface area contributed by atoms with Gasteiger partial charge in [-0.05, 0) is 46.1 Å². The van der Waals surface area contributed by atoms with E-state index in [0.29, 0.717) is 23.4 Å². The predicted molar refractivity (Wildman–Crippen MR) is 112 cm³/mol. The molecule has 7 heteroatoms. The zero-order valence-corrected chi connectivity index (χ0v) is 16.3. The number of hydrogen-bond acceptors (Lipinski definition) is 3. The number of aromatic nitrogens is 5. The van der Waals surface area contributed by atoms with Gasteiger partial charge in [-0.2, -0.15) is 5.10 Å². The lowest BCUT2D eigenvalue weighted by Crippen LogP contribution is -2.27. The van der Waals surface area contributed by atoms with Crippen LogP contribution in [0.3, 0.4) is 0 Å². The summed E-state index contributed by atoms with van der Waals surface area (Å²) in [5.74, 6) is 0.670. The number of para-hydroxylation sites is 2. The average Bonchev–Trinajstić information content (AvgIpc) is 3.30. The lowest BCUT2D eigenvalue weighted by molar-refractivity contribution is 0.652. The summed E-state index contributed by atoms with van der Waals surface area (Å²) in [5.41, 5.74) is 4.56. The van der Waals surface area contributed by atoms with Crippen LogP contribution < -0.4 is 5.56 Å². The number of fused-ring (bicyclic) bond motifs is 6. The minimum absolute atomic E-state index is 0.0531. The molecule has 1 N–H and O–H groups in total. The van der Waals surface area contributed by atoms with E-state index in [4.69, 9.17) is 4.98 Å². The monoisotopic (exact) mass is 431 g/mol. The fourth-order valence-corrected chi connectivity index (χ4v) is 4.53. The molecule has 28 heavy (non-hydrogen) atoms. The molecule has 4 heterocycles. The van der Waals surface area contributed by atoms with Crippen molar-refractivity contribution in [3.8, 4) is 17.2 Å². The van der Waals surface area contributed by atoms with Gasteiger partial charge in [0.15, 0.2) is 11.5 Å². The number of aromatic amines is 1. The van der Waals surface area contributed by atoms with E-state index in [1.807, 2.05) is 36.4 Å². The predicted octanol–water partition coefficient (Wildman–Crippen LogP) is 4.05. The quantitative estimate of drug-likeness (QED) is 0.435. The van der Waals surface area contributed by atoms with Crippen LogP contribution in [-0.2, 0) is 13.0 Å². The van der Waals surface area contributed by atoms with Crippen LogP contribution in [0, 0.1) is 0 Å². The maximum atomic E-state index is 13.2. The maximum Gasteiger partial charge on any atom is 0.264 e. The van der Waals surface area contributed by atoms with E-state index in [1.54, 1.807) is 15.4 Å². The molecule has 3 aromatic heterocycles. The van der Waals surface area contributed by atoms with Gasteiger partial charge in [-0.1, -0.05) is 30.3 Å². The van der Waals surface area contributed by atoms with Crippen LogP contribution in [0.25, 0.3) is 39.1 Å². The third-order valence-electron chi connectivity index (χ3n) is 5.39. The van der Waals surface area contributed by atoms with Crippen molar-refractivity contribution in [1.29, 1.82) is 0 Å². The lowest BCUT2D eigenvalue weighted by atomic mass is 10.0. The van der Waals surface area contributed by atoms with Crippen molar-refractivity contribution in [3.63, 3.8) is 0 Å². The van der Waals surface area contributed by atoms with Crippen molar-refractivity contribution in [2.24, 2.45) is 0 Å². The van der Waals surface area contributed by atoms with E-state index in [-0.39, 0.29) is 5.56 Å². The lowest BCUT2D eigenvalue weighted by Gasteiger charge is -2.18. The van der Waals surface area contributed by atoms with E-state index < -0.39 is 0 Å². The highest BCUT2D eigenvalue weighted by Crippen LogP contribution is 2.33. The first kappa shape index (κ1) is 15.8. The molecule has 0 bridgehead atoms. The summed E-state index contributed by atoms with van der Waals surface area (Å²) in [6.07, 6.45) is 2.41. The van der Waals surface area contributed by atoms with Crippen LogP contribution in [0.15, 0.2) is 64.0 Å². The highest BCUT2D eigenvalue weighted by Gasteiger charge is 2.25. The number of nitrogens with zero attached hydrogens (tertiary/aromatic N) is 4. The smallest absolute Gasteiger partial charge is 0.264 e. The summed E-state index contributed by atoms with van der Waals surface area (Å²) in [5, 5.41) is 6.18. The summed E-state index contributed by atoms with van der Waals surface area (Å²) in [4.78, 5) is 21.5. The molecule has 6 nitrogen and oxygen atoms in total. The van der Waals surface area contributed by atoms with Crippen LogP contribution in [-0.4, -0.2) is 24.3 Å². The topological polar surface area (TPSA) is 68.5 Å². The Hall–Kier alpha value is -3.19. The molecule has 0 amide bonds. The Morgan fingerprint density at radius 3 is 2.75 bits per heavy atom. The van der Waals surface area contributed by atoms with Gasteiger partial charge in [0, 0.05) is 21.9 Å². The van der Waals surface area contributed by atoms with Crippen LogP contribution in [0.1, 0.15) is 5.56 Å². The Kier molecular flexibility index (Phi) is 3.20. The minimum Gasteiger partial charge on any atom is -0.352 e. The largest absolute Gasteiger partial charge is 0.352 e. The Balaban J connectivity index is 1.69. The third kappa shape index (κ3) is 2.05. The third-order valence-corrected chi connectivity index (χ3v) is 6.06. The molecule has 0 atom stereocenters. The Morgan fingerprint density at radius 1 is 1.04 bits per heavy atom. The first-order valence-corrected chi connectivity index (χ1v) is 9.85. The Morgan fingerprint density at radius 2 is 1.86 bits per heavy atom. The second-order valence-corrected chi connectivity index (χ2v) is 7.77. The van der Waals surface area contributed by atoms with Crippen LogP contribution in [0.2, 0.25) is 0 Å². The van der Waals surface area contributed by atoms with Gasteiger partial charge in [0.2, 0.25) is 0 Å². The number of nitrogens with one attached hydrogen (secondary N) is 1. The number of H-pyrrole nitrogens is 1.